The molecule has 2 N–H and O–H groups in total. The monoisotopic (exact) mass is 491 g/mol. The molecule has 0 spiro atoms. The molecule has 0 saturated carbocycles. The van der Waals surface area contributed by atoms with E-state index in [0.29, 0.717) is 11.3 Å². The van der Waals surface area contributed by atoms with Crippen LogP contribution in [0.25, 0.3) is 11.1 Å². The summed E-state index contributed by atoms with van der Waals surface area (Å²) in [7, 11) is 0. The SMILES string of the molecule is Cc1cc(/C=C(/C#N)C2=NN(c3ccccc3)[C@@H](N)[C@H]2C#N)c(C)n1-c1sc2c(c1C#N)CCCC2. The van der Waals surface area contributed by atoms with E-state index in [9.17, 15) is 15.8 Å². The van der Waals surface area contributed by atoms with Crippen molar-refractivity contribution in [2.24, 2.45) is 16.8 Å². The van der Waals surface area contributed by atoms with Crippen LogP contribution in [0, 0.1) is 53.8 Å². The lowest BCUT2D eigenvalue weighted by molar-refractivity contribution is 0.624. The Kier molecular flexibility index (Phi) is 6.20. The summed E-state index contributed by atoms with van der Waals surface area (Å²) in [4.78, 5) is 1.31. The lowest BCUT2D eigenvalue weighted by Gasteiger charge is -2.21. The zero-order valence-electron chi connectivity index (χ0n) is 20.2. The van der Waals surface area contributed by atoms with Crippen molar-refractivity contribution in [3.05, 3.63) is 74.9 Å². The van der Waals surface area contributed by atoms with Gasteiger partial charge in [0, 0.05) is 16.3 Å². The number of benzene rings is 1. The molecule has 5 rings (SSSR count). The minimum absolute atomic E-state index is 0.307. The number of hydrazone groups is 1. The van der Waals surface area contributed by atoms with Crippen LogP contribution in [0.1, 0.15) is 45.8 Å². The number of para-hydroxylation sites is 1. The van der Waals surface area contributed by atoms with Crippen molar-refractivity contribution in [1.82, 2.24) is 4.57 Å². The van der Waals surface area contributed by atoms with Gasteiger partial charge in [-0.2, -0.15) is 20.9 Å². The first kappa shape index (κ1) is 23.6. The molecule has 0 fully saturated rings. The molecule has 0 amide bonds. The average Bonchev–Trinajstić information content (AvgIpc) is 3.52. The van der Waals surface area contributed by atoms with E-state index in [2.05, 4.69) is 27.9 Å². The van der Waals surface area contributed by atoms with E-state index in [1.54, 1.807) is 22.4 Å². The van der Waals surface area contributed by atoms with Gasteiger partial charge in [0.2, 0.25) is 0 Å². The van der Waals surface area contributed by atoms with Gasteiger partial charge in [-0.05, 0) is 74.9 Å². The zero-order valence-corrected chi connectivity index (χ0v) is 21.0. The predicted octanol–water partition coefficient (Wildman–Crippen LogP) is 5.11. The summed E-state index contributed by atoms with van der Waals surface area (Å²) in [5.74, 6) is -0.742. The molecule has 0 radical (unpaired) electrons. The molecule has 1 aromatic carbocycles. The van der Waals surface area contributed by atoms with E-state index >= 15 is 0 Å². The third-order valence-corrected chi connectivity index (χ3v) is 8.20. The van der Waals surface area contributed by atoms with Crippen LogP contribution in [0.4, 0.5) is 5.69 Å². The Bertz CT molecular complexity index is 1520. The molecular formula is C28H25N7S. The number of nitriles is 3. The fourth-order valence-corrected chi connectivity index (χ4v) is 6.56. The van der Waals surface area contributed by atoms with Gasteiger partial charge in [0.05, 0.1) is 28.6 Å². The van der Waals surface area contributed by atoms with Crippen LogP contribution in [-0.4, -0.2) is 16.4 Å². The van der Waals surface area contributed by atoms with Gasteiger partial charge in [0.15, 0.2) is 0 Å². The lowest BCUT2D eigenvalue weighted by Crippen LogP contribution is -2.40. The average molecular weight is 492 g/mol. The maximum atomic E-state index is 10.1. The van der Waals surface area contributed by atoms with E-state index in [1.807, 2.05) is 50.2 Å². The molecule has 3 heterocycles. The molecular weight excluding hydrogens is 466 g/mol. The molecule has 1 aliphatic heterocycles. The first-order valence-electron chi connectivity index (χ1n) is 11.9. The van der Waals surface area contributed by atoms with E-state index in [1.165, 1.54) is 10.4 Å². The third-order valence-electron chi connectivity index (χ3n) is 6.93. The number of fused-ring (bicyclic) bond motifs is 1. The highest BCUT2D eigenvalue weighted by atomic mass is 32.1. The molecule has 8 heteroatoms. The van der Waals surface area contributed by atoms with Crippen LogP contribution in [-0.2, 0) is 12.8 Å². The molecule has 36 heavy (non-hydrogen) atoms. The van der Waals surface area contributed by atoms with Crippen LogP contribution in [0.15, 0.2) is 47.1 Å². The number of hydrogen-bond acceptors (Lipinski definition) is 7. The standard InChI is InChI=1S/C28H25N7S/c1-17-12-19(18(2)34(17)28-23(15-30)22-10-6-7-11-25(22)36-28)13-20(14-29)26-24(16-31)27(32)35(33-26)21-8-4-3-5-9-21/h3-5,8-9,12-13,24,27H,6-7,10-11,32H2,1-2H3/b20-13-/t24-,27+/m0/s1. The molecule has 1 aliphatic carbocycles. The maximum absolute atomic E-state index is 10.1. The maximum Gasteiger partial charge on any atom is 0.127 e. The minimum Gasteiger partial charge on any atom is -0.308 e. The van der Waals surface area contributed by atoms with Crippen LogP contribution >= 0.6 is 11.3 Å². The molecule has 3 aromatic rings. The van der Waals surface area contributed by atoms with Crippen molar-refractivity contribution in [3.8, 4) is 23.2 Å². The van der Waals surface area contributed by atoms with Gasteiger partial charge in [-0.1, -0.05) is 18.2 Å². The van der Waals surface area contributed by atoms with Crippen molar-refractivity contribution < 1.29 is 0 Å². The predicted molar refractivity (Wildman–Crippen MR) is 142 cm³/mol. The summed E-state index contributed by atoms with van der Waals surface area (Å²) in [6.45, 7) is 4.00. The second kappa shape index (κ2) is 9.47. The van der Waals surface area contributed by atoms with Gasteiger partial charge in [-0.3, -0.25) is 0 Å². The quantitative estimate of drug-likeness (QED) is 0.509. The van der Waals surface area contributed by atoms with Gasteiger partial charge < -0.3 is 10.3 Å². The highest BCUT2D eigenvalue weighted by molar-refractivity contribution is 7.15. The molecule has 2 atom stereocenters. The van der Waals surface area contributed by atoms with E-state index in [0.717, 1.165) is 58.9 Å². The normalized spacial score (nSPS) is 19.3. The summed E-state index contributed by atoms with van der Waals surface area (Å²) in [5, 5.41) is 37.1. The second-order valence-electron chi connectivity index (χ2n) is 9.10. The number of thiophene rings is 1. The van der Waals surface area contributed by atoms with Gasteiger partial charge in [0.1, 0.15) is 29.2 Å². The fourth-order valence-electron chi connectivity index (χ4n) is 5.11. The number of nitrogens with zero attached hydrogens (tertiary/aromatic N) is 6. The Morgan fingerprint density at radius 1 is 1.14 bits per heavy atom. The molecule has 2 aliphatic rings. The van der Waals surface area contributed by atoms with Crippen molar-refractivity contribution in [1.29, 1.82) is 15.8 Å². The van der Waals surface area contributed by atoms with Crippen molar-refractivity contribution >= 4 is 28.8 Å². The Labute approximate surface area is 214 Å². The number of nitrogens with two attached hydrogens (primary N) is 1. The smallest absolute Gasteiger partial charge is 0.127 e. The summed E-state index contributed by atoms with van der Waals surface area (Å²) in [5.41, 5.74) is 12.5. The number of rotatable bonds is 4. The first-order valence-corrected chi connectivity index (χ1v) is 12.7. The van der Waals surface area contributed by atoms with Crippen molar-refractivity contribution in [2.45, 2.75) is 45.7 Å². The van der Waals surface area contributed by atoms with Crippen molar-refractivity contribution in [2.75, 3.05) is 5.01 Å². The number of allylic oxidation sites excluding steroid dienone is 1. The van der Waals surface area contributed by atoms with Gasteiger partial charge in [0.25, 0.3) is 0 Å². The summed E-state index contributed by atoms with van der Waals surface area (Å²) < 4.78 is 2.11. The molecule has 2 aromatic heterocycles. The van der Waals surface area contributed by atoms with Gasteiger partial charge >= 0.3 is 0 Å². The number of aryl methyl sites for hydroxylation is 2. The van der Waals surface area contributed by atoms with E-state index < -0.39 is 12.1 Å². The van der Waals surface area contributed by atoms with E-state index in [-0.39, 0.29) is 0 Å². The van der Waals surface area contributed by atoms with Crippen LogP contribution < -0.4 is 10.7 Å². The fraction of sp³-hybridized carbons (Fsp3) is 0.286. The van der Waals surface area contributed by atoms with Crippen LogP contribution in [0.5, 0.6) is 0 Å². The van der Waals surface area contributed by atoms with Crippen LogP contribution in [0.3, 0.4) is 0 Å². The topological polar surface area (TPSA) is 118 Å². The van der Waals surface area contributed by atoms with Crippen molar-refractivity contribution in [3.63, 3.8) is 0 Å². The minimum atomic E-state index is -0.742. The second-order valence-corrected chi connectivity index (χ2v) is 10.2. The molecule has 7 nitrogen and oxygen atoms in total. The summed E-state index contributed by atoms with van der Waals surface area (Å²) in [6.07, 6.45) is 5.34. The Morgan fingerprint density at radius 2 is 1.89 bits per heavy atom. The zero-order chi connectivity index (χ0) is 25.4. The number of hydrogen-bond donors (Lipinski definition) is 1. The Morgan fingerprint density at radius 3 is 2.58 bits per heavy atom. The summed E-state index contributed by atoms with van der Waals surface area (Å²) in [6, 6.07) is 18.3. The number of anilines is 1. The van der Waals surface area contributed by atoms with Gasteiger partial charge in [-0.25, -0.2) is 5.01 Å². The van der Waals surface area contributed by atoms with Gasteiger partial charge in [-0.15, -0.1) is 11.3 Å². The van der Waals surface area contributed by atoms with Crippen LogP contribution in [0.2, 0.25) is 0 Å². The molecule has 0 bridgehead atoms. The van der Waals surface area contributed by atoms with E-state index in [4.69, 9.17) is 5.73 Å². The Hall–Kier alpha value is -4.16. The Balaban J connectivity index is 1.58. The largest absolute Gasteiger partial charge is 0.308 e. The third kappa shape index (κ3) is 3.80. The molecule has 0 saturated heterocycles. The first-order chi connectivity index (χ1) is 17.5. The highest BCUT2D eigenvalue weighted by Gasteiger charge is 2.37. The molecule has 0 unspecified atom stereocenters. The summed E-state index contributed by atoms with van der Waals surface area (Å²) >= 11 is 1.70. The highest BCUT2D eigenvalue weighted by Crippen LogP contribution is 2.38. The lowest BCUT2D eigenvalue weighted by atomic mass is 9.95. The molecule has 178 valence electrons. The number of aromatic nitrogens is 1.